The van der Waals surface area contributed by atoms with Gasteiger partial charge < -0.3 is 50.3 Å². The Morgan fingerprint density at radius 2 is 0.738 bits per heavy atom. The van der Waals surface area contributed by atoms with E-state index in [2.05, 4.69) is 249 Å². The molecule has 0 spiro atoms. The van der Waals surface area contributed by atoms with Gasteiger partial charge in [0.15, 0.2) is 11.5 Å². The first-order chi connectivity index (χ1) is 60.6. The fourth-order valence-electron chi connectivity index (χ4n) is 18.2. The molecule has 0 amide bonds. The molecule has 10 aromatic carbocycles. The molecule has 2 fully saturated rings. The maximum atomic E-state index is 10.7. The van der Waals surface area contributed by atoms with Gasteiger partial charge in [0.2, 0.25) is 0 Å². The van der Waals surface area contributed by atoms with Crippen molar-refractivity contribution in [2.45, 2.75) is 238 Å². The number of fused-ring (bicyclic) bond motifs is 8. The Balaban J connectivity index is 0.000000165. The number of aryl methyl sites for hydroxylation is 1. The van der Waals surface area contributed by atoms with E-state index in [1.54, 1.807) is 41.6 Å². The Hall–Kier alpha value is -6.15. The number of nitrogens with zero attached hydrogens (tertiary/aromatic N) is 2. The van der Waals surface area contributed by atoms with Crippen LogP contribution < -0.4 is 30.0 Å². The molecule has 4 heterocycles. The minimum Gasteiger partial charge on any atom is -0.505 e. The number of anilines is 3. The summed E-state index contributed by atoms with van der Waals surface area (Å²) in [6.45, 7) is 14.8. The van der Waals surface area contributed by atoms with Crippen LogP contribution in [0, 0.1) is 14.4 Å². The van der Waals surface area contributed by atoms with Gasteiger partial charge in [0.1, 0.15) is 36.2 Å². The molecule has 1 radical (unpaired) electrons. The number of aliphatic hydroxyl groups excluding tert-OH is 1. The number of hydrogen-bond donors (Lipinski definition) is 1. The molecule has 0 saturated carbocycles. The van der Waals surface area contributed by atoms with Gasteiger partial charge in [0.25, 0.3) is 0 Å². The van der Waals surface area contributed by atoms with Gasteiger partial charge in [0, 0.05) is 81.3 Å². The fourth-order valence-corrected chi connectivity index (χ4v) is 20.1. The first-order valence-corrected chi connectivity index (χ1v) is 50.4. The molecule has 667 valence electrons. The summed E-state index contributed by atoms with van der Waals surface area (Å²) < 4.78 is 48.4. The third-order valence-corrected chi connectivity index (χ3v) is 27.8. The van der Waals surface area contributed by atoms with Crippen LogP contribution in [0.1, 0.15) is 252 Å². The molecular weight excluding hydrogens is 2130 g/mol. The van der Waals surface area contributed by atoms with Crippen molar-refractivity contribution in [2.75, 3.05) is 31.3 Å². The monoisotopic (exact) mass is 2250 g/mol. The zero-order chi connectivity index (χ0) is 86.6. The number of unbranched alkanes of at least 4 members (excludes halogenated alkanes) is 20. The van der Waals surface area contributed by atoms with Crippen LogP contribution in [0.5, 0.6) is 23.0 Å². The van der Waals surface area contributed by atoms with Crippen molar-refractivity contribution < 1.29 is 58.0 Å². The number of benzene rings is 10. The van der Waals surface area contributed by atoms with E-state index >= 15 is 0 Å². The normalized spacial score (nSPS) is 14.6. The van der Waals surface area contributed by atoms with Crippen LogP contribution >= 0.6 is 95.6 Å². The van der Waals surface area contributed by atoms with E-state index in [-0.39, 0.29) is 58.4 Å². The molecule has 19 heteroatoms. The Bertz CT molecular complexity index is 4930. The van der Waals surface area contributed by atoms with E-state index in [0.29, 0.717) is 62.4 Å². The molecule has 4 aliphatic heterocycles. The molecule has 0 atom stereocenters. The van der Waals surface area contributed by atoms with E-state index in [0.717, 1.165) is 68.5 Å². The number of rotatable bonds is 38. The minimum atomic E-state index is -0.240. The summed E-state index contributed by atoms with van der Waals surface area (Å²) in [7, 11) is -0.480. The molecule has 10 aromatic rings. The van der Waals surface area contributed by atoms with E-state index in [4.69, 9.17) is 32.8 Å². The number of ether oxygens (including phenoxy) is 3. The summed E-state index contributed by atoms with van der Waals surface area (Å²) in [5, 5.41) is 10.7. The third kappa shape index (κ3) is 26.8. The maximum Gasteiger partial charge on any atom is 0.494 e. The van der Waals surface area contributed by atoms with Crippen molar-refractivity contribution in [1.82, 2.24) is 0 Å². The molecule has 0 unspecified atom stereocenters. The van der Waals surface area contributed by atoms with Crippen LogP contribution in [0.25, 0.3) is 28.0 Å². The van der Waals surface area contributed by atoms with Gasteiger partial charge in [-0.15, -0.1) is 0 Å². The van der Waals surface area contributed by atoms with Gasteiger partial charge >= 0.3 is 14.2 Å². The van der Waals surface area contributed by atoms with Crippen molar-refractivity contribution in [1.29, 1.82) is 0 Å². The van der Waals surface area contributed by atoms with Crippen molar-refractivity contribution >= 4 is 150 Å². The van der Waals surface area contributed by atoms with Crippen LogP contribution in [0.4, 0.5) is 17.1 Å². The average Bonchev–Trinajstić information content (AvgIpc) is 1.56. The molecular formula is C107H123B2Br6IrN2O8-. The summed E-state index contributed by atoms with van der Waals surface area (Å²) in [4.78, 5) is 6.41. The first kappa shape index (κ1) is 100. The molecule has 126 heavy (non-hydrogen) atoms. The third-order valence-electron chi connectivity index (χ3n) is 24.7. The summed E-state index contributed by atoms with van der Waals surface area (Å²) >= 11 is 21.5. The number of hydrogen-bond acceptors (Lipinski definition) is 10. The topological polar surface area (TPSA) is 100 Å². The van der Waals surface area contributed by atoms with Gasteiger partial charge in [-0.3, -0.25) is 4.99 Å². The van der Waals surface area contributed by atoms with E-state index in [1.807, 2.05) is 78.9 Å². The molecule has 0 bridgehead atoms. The second-order valence-corrected chi connectivity index (χ2v) is 39.3. The number of allylic oxidation sites excluding steroid dienone is 2. The van der Waals surface area contributed by atoms with Crippen LogP contribution in [-0.4, -0.2) is 52.0 Å². The Labute approximate surface area is 816 Å². The Kier molecular flexibility index (Phi) is 40.7. The molecule has 6 aliphatic rings. The fraction of sp³-hybridized carbons (Fsp3) is 0.383. The van der Waals surface area contributed by atoms with Gasteiger partial charge in [-0.1, -0.05) is 368 Å². The molecule has 2 aliphatic carbocycles. The maximum absolute atomic E-state index is 10.7. The van der Waals surface area contributed by atoms with Gasteiger partial charge in [0.05, 0.1) is 37.8 Å². The molecule has 2 saturated heterocycles. The smallest absolute Gasteiger partial charge is 0.494 e. The predicted octanol–water partition coefficient (Wildman–Crippen LogP) is 32.7. The van der Waals surface area contributed by atoms with Crippen LogP contribution in [0.15, 0.2) is 250 Å². The zero-order valence-corrected chi connectivity index (χ0v) is 86.2. The average molecular weight is 2260 g/mol. The van der Waals surface area contributed by atoms with Crippen molar-refractivity contribution in [3.05, 3.63) is 297 Å². The molecule has 1 N–H and O–H groups in total. The van der Waals surface area contributed by atoms with Gasteiger partial charge in [-0.25, -0.2) is 0 Å². The standard InChI is InChI=1S/C33H48B2O4.C29H40Br2.C25H19Br2NO3.C19H13Br2NO.CH3.Ir/c1-3-5-7-9-11-13-19-33(20-14-12-10-8-6-4-2)31-25-27(34-36-21-22-37-34)15-17-29(31)30-18-16-28(26-32(30)33)35-38-23-24-39-35;1-3-5-7-9-11-13-19-29(20-14-12-10-8-6-4-2)27-21-23(30)15-17-25(27)26-18-16-24(31)22-28(26)29;26-20-7-3-17(4-8-20)15-30-22-12-19(25(29)24-2-1-11-28-24)13-23(14-22)31-16-18-5-9-21(27)10-6-18;1-12-2-6-15(7-3-12)22-16-8-4-13(20)10-18(16)23-19-11-14(21)5-9-17(19)22;;/h15-18,25-26H,3-14,19-24H2,1-2H3;15-18,21-22H,3-14,19-20H2,1-2H3;1-14,29H,15-16H2;2-11H,1H3;1H3;/q;;;;-1;. The molecule has 0 aromatic heterocycles. The number of aliphatic imine (C=N–C) groups is 1. The van der Waals surface area contributed by atoms with E-state index in [1.165, 1.54) is 228 Å². The van der Waals surface area contributed by atoms with Crippen molar-refractivity contribution in [2.24, 2.45) is 4.99 Å². The summed E-state index contributed by atoms with van der Waals surface area (Å²) in [6, 6.07) is 70.0. The molecule has 16 rings (SSSR count). The van der Waals surface area contributed by atoms with Crippen molar-refractivity contribution in [3.8, 4) is 45.3 Å². The largest absolute Gasteiger partial charge is 0.505 e. The SMILES string of the molecule is CCCCCCCCC1(CCCCCCCC)c2cc(B3OCCO3)ccc2-c2ccc(B3OCCO3)cc21.CCCCCCCCC1(CCCCCCCC)c2cc(Br)ccc2-c2ccc(Br)cc21.Cc1ccc(N2c3ccc(Br)cc3Oc3cc(Br)ccc32)cc1.OC(=C1C=CC=N1)c1cc(OCc2ccc(Br)cc2)cc(OCc2ccc(Br)cc2)c1.[CH3-].[Ir]. The van der Waals surface area contributed by atoms with Gasteiger partial charge in [-0.2, -0.15) is 0 Å². The number of aliphatic hydroxyl groups is 1. The quantitative estimate of drug-likeness (QED) is 0.0175. The first-order valence-electron chi connectivity index (χ1n) is 45.6. The molecule has 10 nitrogen and oxygen atoms in total. The van der Waals surface area contributed by atoms with E-state index in [9.17, 15) is 5.11 Å². The summed E-state index contributed by atoms with van der Waals surface area (Å²) in [6.07, 6.45) is 42.3. The zero-order valence-electron chi connectivity index (χ0n) is 74.3. The van der Waals surface area contributed by atoms with Crippen molar-refractivity contribution in [3.63, 3.8) is 0 Å². The number of halogens is 6. The summed E-state index contributed by atoms with van der Waals surface area (Å²) in [5.41, 5.74) is 21.9. The Morgan fingerprint density at radius 1 is 0.397 bits per heavy atom. The summed E-state index contributed by atoms with van der Waals surface area (Å²) in [5.74, 6) is 2.96. The van der Waals surface area contributed by atoms with Gasteiger partial charge in [-0.05, 0) is 221 Å². The second kappa shape index (κ2) is 51.0. The Morgan fingerprint density at radius 3 is 1.11 bits per heavy atom. The van der Waals surface area contributed by atoms with Crippen LogP contribution in [-0.2, 0) is 62.8 Å². The second-order valence-electron chi connectivity index (χ2n) is 33.8. The van der Waals surface area contributed by atoms with Crippen LogP contribution in [0.2, 0.25) is 0 Å². The predicted molar refractivity (Wildman–Crippen MR) is 546 cm³/mol. The van der Waals surface area contributed by atoms with Crippen LogP contribution in [0.3, 0.4) is 0 Å². The minimum absolute atomic E-state index is 0. The van der Waals surface area contributed by atoms with E-state index < -0.39 is 0 Å².